The highest BCUT2D eigenvalue weighted by molar-refractivity contribution is 7.89. The third kappa shape index (κ3) is 2.64. The molecule has 0 bridgehead atoms. The van der Waals surface area contributed by atoms with E-state index in [1.54, 1.807) is 13.8 Å². The Morgan fingerprint density at radius 1 is 1.30 bits per heavy atom. The Balaban J connectivity index is 2.23. The summed E-state index contributed by atoms with van der Waals surface area (Å²) in [5, 5.41) is 9.36. The van der Waals surface area contributed by atoms with Gasteiger partial charge in [0.1, 0.15) is 16.4 Å². The fourth-order valence-electron chi connectivity index (χ4n) is 2.90. The molecule has 6 heteroatoms. The Bertz CT molecular complexity index is 579. The molecular formula is C14H23NO4S. The lowest BCUT2D eigenvalue weighted by atomic mass is 9.67. The Kier molecular flexibility index (Phi) is 4.27. The van der Waals surface area contributed by atoms with E-state index in [2.05, 4.69) is 11.6 Å². The summed E-state index contributed by atoms with van der Waals surface area (Å²) in [4.78, 5) is 0.100. The van der Waals surface area contributed by atoms with Gasteiger partial charge in [-0.2, -0.15) is 0 Å². The third-order valence-corrected chi connectivity index (χ3v) is 6.15. The van der Waals surface area contributed by atoms with Gasteiger partial charge in [0.25, 0.3) is 0 Å². The van der Waals surface area contributed by atoms with Crippen LogP contribution in [0.4, 0.5) is 0 Å². The monoisotopic (exact) mass is 301 g/mol. The minimum Gasteiger partial charge on any atom is -0.465 e. The zero-order chi connectivity index (χ0) is 15.0. The van der Waals surface area contributed by atoms with Gasteiger partial charge in [-0.1, -0.05) is 13.3 Å². The van der Waals surface area contributed by atoms with Gasteiger partial charge in [-0.05, 0) is 38.5 Å². The van der Waals surface area contributed by atoms with Gasteiger partial charge in [-0.25, -0.2) is 13.1 Å². The first-order chi connectivity index (χ1) is 9.35. The summed E-state index contributed by atoms with van der Waals surface area (Å²) < 4.78 is 33.0. The molecule has 1 aromatic heterocycles. The molecule has 0 radical (unpaired) electrons. The largest absolute Gasteiger partial charge is 0.465 e. The second-order valence-electron chi connectivity index (χ2n) is 5.71. The summed E-state index contributed by atoms with van der Waals surface area (Å²) in [6, 6.07) is 0. The maximum absolute atomic E-state index is 12.5. The van der Waals surface area contributed by atoms with E-state index in [1.165, 1.54) is 6.42 Å². The summed E-state index contributed by atoms with van der Waals surface area (Å²) in [6.45, 7) is 5.50. The molecule has 0 atom stereocenters. The van der Waals surface area contributed by atoms with Crippen molar-refractivity contribution >= 4 is 10.0 Å². The van der Waals surface area contributed by atoms with E-state index < -0.39 is 10.0 Å². The first-order valence-corrected chi connectivity index (χ1v) is 8.53. The standard InChI is InChI=1S/C14H23NO4S/c1-4-14(6-5-7-14)9-15-20(17,18)13-11(3)19-10(2)12(13)8-16/h15-16H,4-9H2,1-3H3. The number of rotatable bonds is 6. The van der Waals surface area contributed by atoms with E-state index in [0.29, 0.717) is 23.6 Å². The fraction of sp³-hybridized carbons (Fsp3) is 0.714. The van der Waals surface area contributed by atoms with Crippen molar-refractivity contribution in [3.05, 3.63) is 17.1 Å². The average Bonchev–Trinajstić information content (AvgIpc) is 2.63. The van der Waals surface area contributed by atoms with Gasteiger partial charge >= 0.3 is 0 Å². The van der Waals surface area contributed by atoms with Crippen LogP contribution < -0.4 is 4.72 Å². The van der Waals surface area contributed by atoms with Crippen LogP contribution in [0.15, 0.2) is 9.31 Å². The van der Waals surface area contributed by atoms with E-state index in [0.717, 1.165) is 19.3 Å². The number of sulfonamides is 1. The van der Waals surface area contributed by atoms with Crippen molar-refractivity contribution in [3.63, 3.8) is 0 Å². The molecule has 0 unspecified atom stereocenters. The minimum absolute atomic E-state index is 0.100. The lowest BCUT2D eigenvalue weighted by Crippen LogP contribution is -2.41. The van der Waals surface area contributed by atoms with E-state index in [1.807, 2.05) is 0 Å². The lowest BCUT2D eigenvalue weighted by molar-refractivity contribution is 0.133. The van der Waals surface area contributed by atoms with Crippen LogP contribution >= 0.6 is 0 Å². The van der Waals surface area contributed by atoms with Gasteiger partial charge in [0.15, 0.2) is 0 Å². The quantitative estimate of drug-likeness (QED) is 0.844. The summed E-state index contributed by atoms with van der Waals surface area (Å²) in [5.41, 5.74) is 0.466. The van der Waals surface area contributed by atoms with Crippen molar-refractivity contribution in [2.24, 2.45) is 5.41 Å². The Morgan fingerprint density at radius 2 is 1.95 bits per heavy atom. The Hall–Kier alpha value is -0.850. The van der Waals surface area contributed by atoms with Gasteiger partial charge < -0.3 is 9.52 Å². The van der Waals surface area contributed by atoms with Crippen LogP contribution in [0, 0.1) is 19.3 Å². The van der Waals surface area contributed by atoms with Gasteiger partial charge in [-0.15, -0.1) is 0 Å². The SMILES string of the molecule is CCC1(CNS(=O)(=O)c2c(C)oc(C)c2CO)CCC1. The first-order valence-electron chi connectivity index (χ1n) is 7.04. The number of hydrogen-bond donors (Lipinski definition) is 2. The number of aliphatic hydroxyl groups excluding tert-OH is 1. The second-order valence-corrected chi connectivity index (χ2v) is 7.42. The van der Waals surface area contributed by atoms with Crippen molar-refractivity contribution in [1.82, 2.24) is 4.72 Å². The molecule has 0 amide bonds. The highest BCUT2D eigenvalue weighted by Gasteiger charge is 2.37. The van der Waals surface area contributed by atoms with Crippen molar-refractivity contribution in [2.75, 3.05) is 6.54 Å². The van der Waals surface area contributed by atoms with Crippen LogP contribution in [0.3, 0.4) is 0 Å². The topological polar surface area (TPSA) is 79.5 Å². The summed E-state index contributed by atoms with van der Waals surface area (Å²) in [5.74, 6) is 0.789. The molecule has 1 fully saturated rings. The van der Waals surface area contributed by atoms with E-state index in [-0.39, 0.29) is 16.9 Å². The lowest BCUT2D eigenvalue weighted by Gasteiger charge is -2.41. The number of furan rings is 1. The minimum atomic E-state index is -3.64. The second kappa shape index (κ2) is 5.50. The van der Waals surface area contributed by atoms with Crippen LogP contribution in [0.5, 0.6) is 0 Å². The van der Waals surface area contributed by atoms with Gasteiger partial charge in [0.05, 0.1) is 6.61 Å². The third-order valence-electron chi connectivity index (χ3n) is 4.55. The molecule has 2 N–H and O–H groups in total. The van der Waals surface area contributed by atoms with E-state index in [9.17, 15) is 13.5 Å². The summed E-state index contributed by atoms with van der Waals surface area (Å²) in [7, 11) is -3.64. The van der Waals surface area contributed by atoms with Crippen LogP contribution in [-0.2, 0) is 16.6 Å². The molecule has 20 heavy (non-hydrogen) atoms. The predicted molar refractivity (Wildman–Crippen MR) is 75.9 cm³/mol. The van der Waals surface area contributed by atoms with Crippen molar-refractivity contribution in [3.8, 4) is 0 Å². The molecule has 0 aliphatic heterocycles. The molecule has 0 saturated heterocycles. The van der Waals surface area contributed by atoms with E-state index in [4.69, 9.17) is 4.42 Å². The molecule has 2 rings (SSSR count). The number of hydrogen-bond acceptors (Lipinski definition) is 4. The molecule has 1 aliphatic carbocycles. The van der Waals surface area contributed by atoms with Gasteiger partial charge in [0.2, 0.25) is 10.0 Å². The Morgan fingerprint density at radius 3 is 2.40 bits per heavy atom. The molecular weight excluding hydrogens is 278 g/mol. The molecule has 1 aliphatic rings. The van der Waals surface area contributed by atoms with Crippen LogP contribution in [0.25, 0.3) is 0 Å². The molecule has 1 saturated carbocycles. The number of nitrogens with one attached hydrogen (secondary N) is 1. The highest BCUT2D eigenvalue weighted by atomic mass is 32.2. The smallest absolute Gasteiger partial charge is 0.244 e. The van der Waals surface area contributed by atoms with Crippen molar-refractivity contribution in [2.45, 2.75) is 58.0 Å². The highest BCUT2D eigenvalue weighted by Crippen LogP contribution is 2.43. The maximum Gasteiger partial charge on any atom is 0.244 e. The predicted octanol–water partition coefficient (Wildman–Crippen LogP) is 2.25. The average molecular weight is 301 g/mol. The maximum atomic E-state index is 12.5. The summed E-state index contributed by atoms with van der Waals surface area (Å²) >= 11 is 0. The van der Waals surface area contributed by atoms with Crippen molar-refractivity contribution in [1.29, 1.82) is 0 Å². The van der Waals surface area contributed by atoms with Crippen LogP contribution in [0.2, 0.25) is 0 Å². The normalized spacial score (nSPS) is 18.0. The Labute approximate surface area is 120 Å². The molecule has 0 spiro atoms. The molecule has 0 aromatic carbocycles. The van der Waals surface area contributed by atoms with Gasteiger partial charge in [0, 0.05) is 12.1 Å². The first kappa shape index (κ1) is 15.5. The fourth-order valence-corrected chi connectivity index (χ4v) is 4.49. The van der Waals surface area contributed by atoms with Crippen LogP contribution in [-0.4, -0.2) is 20.1 Å². The zero-order valence-corrected chi connectivity index (χ0v) is 13.1. The molecule has 114 valence electrons. The van der Waals surface area contributed by atoms with Crippen LogP contribution in [0.1, 0.15) is 49.7 Å². The zero-order valence-electron chi connectivity index (χ0n) is 12.3. The van der Waals surface area contributed by atoms with Crippen molar-refractivity contribution < 1.29 is 17.9 Å². The molecule has 1 aromatic rings. The van der Waals surface area contributed by atoms with Gasteiger partial charge in [-0.3, -0.25) is 0 Å². The molecule has 1 heterocycles. The van der Waals surface area contributed by atoms with E-state index >= 15 is 0 Å². The number of aliphatic hydroxyl groups is 1. The molecule has 5 nitrogen and oxygen atoms in total. The summed E-state index contributed by atoms with van der Waals surface area (Å²) in [6.07, 6.45) is 4.29. The number of aryl methyl sites for hydroxylation is 2.